The number of carbonyl (C=O) groups is 2. The van der Waals surface area contributed by atoms with Crippen LogP contribution in [0.1, 0.15) is 78.6 Å². The highest BCUT2D eigenvalue weighted by Gasteiger charge is 2.73. The molecule has 0 aromatic carbocycles. The number of ketones is 1. The molecular formula is C23H34O4. The van der Waals surface area contributed by atoms with Crippen LogP contribution in [0.4, 0.5) is 0 Å². The molecule has 1 spiro atoms. The maximum absolute atomic E-state index is 12.7. The van der Waals surface area contributed by atoms with Gasteiger partial charge in [-0.1, -0.05) is 20.3 Å². The standard InChI is InChI=1S/C23H34O4/c1-4-14-6-7-17-15-9-11-23-18(16(15)8-10-22(14,17)5-2)12-19(26-13(3)24)20(25)21(23)27-23/h14-19,21H,4-12H2,1-3H3/t14-,15+,16-,17-,18+,19?,21?,22+,23-/m0/s1. The smallest absolute Gasteiger partial charge is 0.303 e. The molecule has 4 aliphatic carbocycles. The van der Waals surface area contributed by atoms with Gasteiger partial charge in [-0.3, -0.25) is 9.59 Å². The molecule has 150 valence electrons. The van der Waals surface area contributed by atoms with Crippen molar-refractivity contribution in [2.45, 2.75) is 96.4 Å². The average molecular weight is 375 g/mol. The first-order valence-electron chi connectivity index (χ1n) is 11.4. The Kier molecular flexibility index (Phi) is 4.06. The molecule has 0 amide bonds. The van der Waals surface area contributed by atoms with Gasteiger partial charge in [0.1, 0.15) is 11.7 Å². The topological polar surface area (TPSA) is 55.9 Å². The molecule has 2 unspecified atom stereocenters. The minimum atomic E-state index is -0.572. The Morgan fingerprint density at radius 2 is 1.85 bits per heavy atom. The molecule has 4 heteroatoms. The van der Waals surface area contributed by atoms with E-state index in [9.17, 15) is 9.59 Å². The van der Waals surface area contributed by atoms with Crippen molar-refractivity contribution >= 4 is 11.8 Å². The summed E-state index contributed by atoms with van der Waals surface area (Å²) in [6, 6.07) is 0. The fourth-order valence-corrected chi connectivity index (χ4v) is 8.58. The third-order valence-corrected chi connectivity index (χ3v) is 9.63. The highest BCUT2D eigenvalue weighted by Crippen LogP contribution is 2.69. The fraction of sp³-hybridized carbons (Fsp3) is 0.913. The van der Waals surface area contributed by atoms with Crippen molar-refractivity contribution < 1.29 is 19.1 Å². The second-order valence-electron chi connectivity index (χ2n) is 10.1. The number of hydrogen-bond acceptors (Lipinski definition) is 4. The Balaban J connectivity index is 1.42. The lowest BCUT2D eigenvalue weighted by atomic mass is 9.48. The molecule has 4 saturated carbocycles. The third kappa shape index (κ3) is 2.31. The van der Waals surface area contributed by atoms with Crippen LogP contribution < -0.4 is 0 Å². The molecule has 5 rings (SSSR count). The summed E-state index contributed by atoms with van der Waals surface area (Å²) in [5, 5.41) is 0. The van der Waals surface area contributed by atoms with Crippen molar-refractivity contribution in [3.63, 3.8) is 0 Å². The zero-order chi connectivity index (χ0) is 19.0. The van der Waals surface area contributed by atoms with Crippen LogP contribution in [-0.4, -0.2) is 29.6 Å². The van der Waals surface area contributed by atoms with Gasteiger partial charge in [0.25, 0.3) is 0 Å². The molecule has 0 bridgehead atoms. The summed E-state index contributed by atoms with van der Waals surface area (Å²) >= 11 is 0. The molecule has 9 atom stereocenters. The van der Waals surface area contributed by atoms with Crippen molar-refractivity contribution in [2.24, 2.45) is 35.0 Å². The Morgan fingerprint density at radius 1 is 1.11 bits per heavy atom. The zero-order valence-electron chi connectivity index (χ0n) is 17.0. The quantitative estimate of drug-likeness (QED) is 0.546. The minimum Gasteiger partial charge on any atom is -0.454 e. The van der Waals surface area contributed by atoms with E-state index < -0.39 is 6.10 Å². The van der Waals surface area contributed by atoms with Gasteiger partial charge in [-0.05, 0) is 86.4 Å². The Hall–Kier alpha value is -0.900. The number of Topliss-reactive ketones (excluding diaryl/α,β-unsaturated/α-hetero) is 1. The van der Waals surface area contributed by atoms with Gasteiger partial charge in [0, 0.05) is 6.92 Å². The van der Waals surface area contributed by atoms with Crippen LogP contribution in [-0.2, 0) is 19.1 Å². The van der Waals surface area contributed by atoms with E-state index in [2.05, 4.69) is 13.8 Å². The lowest BCUT2D eigenvalue weighted by molar-refractivity contribution is -0.158. The summed E-state index contributed by atoms with van der Waals surface area (Å²) in [4.78, 5) is 24.2. The molecule has 1 aliphatic heterocycles. The Morgan fingerprint density at radius 3 is 2.56 bits per heavy atom. The van der Waals surface area contributed by atoms with E-state index in [1.807, 2.05) is 0 Å². The van der Waals surface area contributed by atoms with E-state index in [0.717, 1.165) is 24.2 Å². The van der Waals surface area contributed by atoms with Crippen LogP contribution in [0.3, 0.4) is 0 Å². The van der Waals surface area contributed by atoms with Gasteiger partial charge in [-0.2, -0.15) is 0 Å². The number of carbonyl (C=O) groups excluding carboxylic acids is 2. The molecule has 1 saturated heterocycles. The van der Waals surface area contributed by atoms with E-state index in [1.54, 1.807) is 0 Å². The SMILES string of the molecule is CC[C@H]1CC[C@H]2[C@@H]3CC[C@@]45OC4C(=O)C(OC(C)=O)C[C@@H]5[C@H]3CC[C@]12CC. The number of esters is 1. The van der Waals surface area contributed by atoms with Crippen LogP contribution in [0, 0.1) is 35.0 Å². The maximum atomic E-state index is 12.7. The van der Waals surface area contributed by atoms with Crippen LogP contribution in [0.15, 0.2) is 0 Å². The van der Waals surface area contributed by atoms with Gasteiger partial charge in [0.05, 0.1) is 0 Å². The number of epoxide rings is 1. The number of rotatable bonds is 3. The molecule has 1 heterocycles. The van der Waals surface area contributed by atoms with Crippen LogP contribution in [0.5, 0.6) is 0 Å². The molecular weight excluding hydrogens is 340 g/mol. The van der Waals surface area contributed by atoms with E-state index in [4.69, 9.17) is 9.47 Å². The number of hydrogen-bond donors (Lipinski definition) is 0. The van der Waals surface area contributed by atoms with Crippen LogP contribution in [0.25, 0.3) is 0 Å². The fourth-order valence-electron chi connectivity index (χ4n) is 8.58. The molecule has 27 heavy (non-hydrogen) atoms. The van der Waals surface area contributed by atoms with Gasteiger partial charge in [-0.25, -0.2) is 0 Å². The molecule has 0 aromatic heterocycles. The Bertz CT molecular complexity index is 659. The van der Waals surface area contributed by atoms with Gasteiger partial charge < -0.3 is 9.47 Å². The van der Waals surface area contributed by atoms with E-state index in [-0.39, 0.29) is 23.5 Å². The van der Waals surface area contributed by atoms with Crippen LogP contribution in [0.2, 0.25) is 0 Å². The van der Waals surface area contributed by atoms with Crippen molar-refractivity contribution in [1.82, 2.24) is 0 Å². The molecule has 5 fully saturated rings. The van der Waals surface area contributed by atoms with Crippen LogP contribution >= 0.6 is 0 Å². The van der Waals surface area contributed by atoms with Crippen molar-refractivity contribution in [3.8, 4) is 0 Å². The first-order valence-corrected chi connectivity index (χ1v) is 11.4. The highest BCUT2D eigenvalue weighted by molar-refractivity contribution is 5.93. The highest BCUT2D eigenvalue weighted by atomic mass is 16.6. The zero-order valence-corrected chi connectivity index (χ0v) is 17.0. The number of fused-ring (bicyclic) bond motifs is 4. The summed E-state index contributed by atoms with van der Waals surface area (Å²) in [5.74, 6) is 3.26. The monoisotopic (exact) mass is 374 g/mol. The predicted molar refractivity (Wildman–Crippen MR) is 101 cm³/mol. The molecule has 0 radical (unpaired) electrons. The second kappa shape index (κ2) is 6.05. The molecule has 5 aliphatic rings. The molecule has 0 aromatic rings. The van der Waals surface area contributed by atoms with Gasteiger partial charge in [-0.15, -0.1) is 0 Å². The van der Waals surface area contributed by atoms with Crippen molar-refractivity contribution in [2.75, 3.05) is 0 Å². The second-order valence-corrected chi connectivity index (χ2v) is 10.1. The van der Waals surface area contributed by atoms with Gasteiger partial charge >= 0.3 is 5.97 Å². The first-order chi connectivity index (χ1) is 13.0. The summed E-state index contributed by atoms with van der Waals surface area (Å²) in [7, 11) is 0. The van der Waals surface area contributed by atoms with E-state index >= 15 is 0 Å². The first kappa shape index (κ1) is 18.1. The van der Waals surface area contributed by atoms with E-state index in [0.29, 0.717) is 23.7 Å². The van der Waals surface area contributed by atoms with Crippen molar-refractivity contribution in [3.05, 3.63) is 0 Å². The minimum absolute atomic E-state index is 0.0190. The predicted octanol–water partition coefficient (Wildman–Crippen LogP) is 4.30. The van der Waals surface area contributed by atoms with E-state index in [1.165, 1.54) is 51.9 Å². The normalized spacial score (nSPS) is 53.0. The average Bonchev–Trinajstić information content (AvgIpc) is 3.26. The lowest BCUT2D eigenvalue weighted by Crippen LogP contribution is -2.55. The summed E-state index contributed by atoms with van der Waals surface area (Å²) in [6.45, 7) is 6.21. The largest absolute Gasteiger partial charge is 0.454 e. The lowest BCUT2D eigenvalue weighted by Gasteiger charge is -2.56. The molecule has 4 nitrogen and oxygen atoms in total. The maximum Gasteiger partial charge on any atom is 0.303 e. The summed E-state index contributed by atoms with van der Waals surface area (Å²) < 4.78 is 11.5. The Labute approximate surface area is 162 Å². The number of ether oxygens (including phenoxy) is 2. The van der Waals surface area contributed by atoms with Gasteiger partial charge in [0.2, 0.25) is 5.78 Å². The third-order valence-electron chi connectivity index (χ3n) is 9.63. The summed E-state index contributed by atoms with van der Waals surface area (Å²) in [6.07, 6.45) is 10.1. The van der Waals surface area contributed by atoms with Gasteiger partial charge in [0.15, 0.2) is 6.10 Å². The molecule has 0 N–H and O–H groups in total. The van der Waals surface area contributed by atoms with Crippen molar-refractivity contribution in [1.29, 1.82) is 0 Å². The summed E-state index contributed by atoms with van der Waals surface area (Å²) in [5.41, 5.74) is 0.355.